The summed E-state index contributed by atoms with van der Waals surface area (Å²) in [7, 11) is 1.30. The molecule has 0 fully saturated rings. The first-order valence-electron chi connectivity index (χ1n) is 9.77. The Morgan fingerprint density at radius 3 is 2.58 bits per heavy atom. The molecule has 0 aliphatic carbocycles. The zero-order valence-corrected chi connectivity index (χ0v) is 16.9. The number of fused-ring (bicyclic) bond motifs is 1. The SMILES string of the molecule is COC(=O)c1ccccc1NC(=O)NCCc1nc2cccnc2n1-c1ccccc1. The van der Waals surface area contributed by atoms with Crippen LogP contribution in [0.3, 0.4) is 0 Å². The lowest BCUT2D eigenvalue weighted by Crippen LogP contribution is -2.31. The number of methoxy groups -OCH3 is 1. The highest BCUT2D eigenvalue weighted by Gasteiger charge is 2.15. The lowest BCUT2D eigenvalue weighted by Gasteiger charge is -2.11. The third-order valence-corrected chi connectivity index (χ3v) is 4.71. The van der Waals surface area contributed by atoms with E-state index < -0.39 is 12.0 Å². The number of benzene rings is 2. The van der Waals surface area contributed by atoms with Gasteiger partial charge in [-0.05, 0) is 36.4 Å². The Hall–Kier alpha value is -4.20. The van der Waals surface area contributed by atoms with Crippen LogP contribution in [0, 0.1) is 0 Å². The molecule has 31 heavy (non-hydrogen) atoms. The minimum absolute atomic E-state index is 0.289. The summed E-state index contributed by atoms with van der Waals surface area (Å²) in [5, 5.41) is 5.51. The monoisotopic (exact) mass is 415 g/mol. The number of para-hydroxylation sites is 2. The van der Waals surface area contributed by atoms with Gasteiger partial charge in [-0.3, -0.25) is 4.57 Å². The number of carbonyl (C=O) groups excluding carboxylic acids is 2. The van der Waals surface area contributed by atoms with Gasteiger partial charge in [0.15, 0.2) is 5.65 Å². The van der Waals surface area contributed by atoms with E-state index in [9.17, 15) is 9.59 Å². The number of anilines is 1. The summed E-state index contributed by atoms with van der Waals surface area (Å²) in [5.41, 5.74) is 3.18. The van der Waals surface area contributed by atoms with Gasteiger partial charge < -0.3 is 15.4 Å². The van der Waals surface area contributed by atoms with E-state index in [1.807, 2.05) is 47.0 Å². The average molecular weight is 415 g/mol. The number of carbonyl (C=O) groups is 2. The van der Waals surface area contributed by atoms with Gasteiger partial charge >= 0.3 is 12.0 Å². The molecule has 0 saturated carbocycles. The normalized spacial score (nSPS) is 10.6. The molecule has 4 aromatic rings. The van der Waals surface area contributed by atoms with Gasteiger partial charge in [-0.2, -0.15) is 0 Å². The van der Waals surface area contributed by atoms with Crippen molar-refractivity contribution < 1.29 is 14.3 Å². The molecule has 2 amide bonds. The van der Waals surface area contributed by atoms with Crippen LogP contribution in [0.25, 0.3) is 16.9 Å². The maximum absolute atomic E-state index is 12.4. The molecule has 0 bridgehead atoms. The summed E-state index contributed by atoms with van der Waals surface area (Å²) in [6, 6.07) is 19.9. The van der Waals surface area contributed by atoms with Crippen molar-refractivity contribution in [3.8, 4) is 5.69 Å². The summed E-state index contributed by atoms with van der Waals surface area (Å²) in [5.74, 6) is 0.273. The van der Waals surface area contributed by atoms with Crippen molar-refractivity contribution in [3.05, 3.63) is 84.3 Å². The van der Waals surface area contributed by atoms with E-state index in [-0.39, 0.29) is 5.56 Å². The maximum atomic E-state index is 12.4. The predicted molar refractivity (Wildman–Crippen MR) is 117 cm³/mol. The lowest BCUT2D eigenvalue weighted by atomic mass is 10.2. The topological polar surface area (TPSA) is 98.1 Å². The number of hydrogen-bond donors (Lipinski definition) is 2. The molecule has 2 aromatic heterocycles. The van der Waals surface area contributed by atoms with Crippen molar-refractivity contribution >= 4 is 28.9 Å². The van der Waals surface area contributed by atoms with Gasteiger partial charge in [-0.15, -0.1) is 0 Å². The Morgan fingerprint density at radius 2 is 1.77 bits per heavy atom. The van der Waals surface area contributed by atoms with Crippen molar-refractivity contribution in [3.63, 3.8) is 0 Å². The second-order valence-electron chi connectivity index (χ2n) is 6.71. The molecule has 8 nitrogen and oxygen atoms in total. The summed E-state index contributed by atoms with van der Waals surface area (Å²) in [4.78, 5) is 33.4. The van der Waals surface area contributed by atoms with Crippen LogP contribution >= 0.6 is 0 Å². The highest BCUT2D eigenvalue weighted by atomic mass is 16.5. The molecule has 0 aliphatic rings. The average Bonchev–Trinajstić information content (AvgIpc) is 3.17. The second-order valence-corrected chi connectivity index (χ2v) is 6.71. The number of nitrogens with one attached hydrogen (secondary N) is 2. The van der Waals surface area contributed by atoms with E-state index in [1.165, 1.54) is 7.11 Å². The lowest BCUT2D eigenvalue weighted by molar-refractivity contribution is 0.0602. The number of pyridine rings is 1. The van der Waals surface area contributed by atoms with Gasteiger partial charge in [0, 0.05) is 24.8 Å². The fourth-order valence-electron chi connectivity index (χ4n) is 3.31. The van der Waals surface area contributed by atoms with E-state index in [4.69, 9.17) is 4.74 Å². The molecular formula is C23H21N5O3. The number of aromatic nitrogens is 3. The Kier molecular flexibility index (Phi) is 5.89. The number of imidazole rings is 1. The number of urea groups is 1. The van der Waals surface area contributed by atoms with E-state index in [2.05, 4.69) is 20.6 Å². The molecular weight excluding hydrogens is 394 g/mol. The quantitative estimate of drug-likeness (QED) is 0.469. The molecule has 2 aromatic carbocycles. The fourth-order valence-corrected chi connectivity index (χ4v) is 3.31. The highest BCUT2D eigenvalue weighted by Crippen LogP contribution is 2.20. The molecule has 0 unspecified atom stereocenters. The van der Waals surface area contributed by atoms with Crippen LogP contribution in [0.5, 0.6) is 0 Å². The number of ether oxygens (including phenoxy) is 1. The Morgan fingerprint density at radius 1 is 1.00 bits per heavy atom. The van der Waals surface area contributed by atoms with Crippen LogP contribution in [0.4, 0.5) is 10.5 Å². The zero-order chi connectivity index (χ0) is 21.6. The molecule has 0 saturated heterocycles. The maximum Gasteiger partial charge on any atom is 0.339 e. The first-order valence-corrected chi connectivity index (χ1v) is 9.77. The van der Waals surface area contributed by atoms with E-state index >= 15 is 0 Å². The number of amides is 2. The van der Waals surface area contributed by atoms with E-state index in [0.717, 1.165) is 22.7 Å². The number of rotatable bonds is 6. The summed E-state index contributed by atoms with van der Waals surface area (Å²) in [6.07, 6.45) is 2.23. The molecule has 8 heteroatoms. The molecule has 4 rings (SSSR count). The molecule has 0 aliphatic heterocycles. The third-order valence-electron chi connectivity index (χ3n) is 4.71. The van der Waals surface area contributed by atoms with Crippen molar-refractivity contribution in [2.45, 2.75) is 6.42 Å². The first-order chi connectivity index (χ1) is 15.2. The minimum atomic E-state index is -0.514. The van der Waals surface area contributed by atoms with Crippen LogP contribution in [0.15, 0.2) is 72.9 Å². The fraction of sp³-hybridized carbons (Fsp3) is 0.130. The number of esters is 1. The van der Waals surface area contributed by atoms with Crippen LogP contribution in [0.1, 0.15) is 16.2 Å². The largest absolute Gasteiger partial charge is 0.465 e. The molecule has 0 atom stereocenters. The number of hydrogen-bond acceptors (Lipinski definition) is 5. The van der Waals surface area contributed by atoms with Gasteiger partial charge in [-0.25, -0.2) is 19.6 Å². The molecule has 2 heterocycles. The minimum Gasteiger partial charge on any atom is -0.465 e. The third kappa shape index (κ3) is 4.37. The molecule has 156 valence electrons. The van der Waals surface area contributed by atoms with Crippen LogP contribution in [-0.2, 0) is 11.2 Å². The van der Waals surface area contributed by atoms with Crippen molar-refractivity contribution in [2.75, 3.05) is 19.0 Å². The summed E-state index contributed by atoms with van der Waals surface area (Å²) in [6.45, 7) is 0.350. The molecule has 0 radical (unpaired) electrons. The van der Waals surface area contributed by atoms with Gasteiger partial charge in [0.25, 0.3) is 0 Å². The molecule has 2 N–H and O–H groups in total. The first kappa shape index (κ1) is 20.1. The van der Waals surface area contributed by atoms with E-state index in [0.29, 0.717) is 18.7 Å². The summed E-state index contributed by atoms with van der Waals surface area (Å²) < 4.78 is 6.74. The van der Waals surface area contributed by atoms with Crippen molar-refractivity contribution in [2.24, 2.45) is 0 Å². The van der Waals surface area contributed by atoms with Crippen molar-refractivity contribution in [1.82, 2.24) is 19.9 Å². The second kappa shape index (κ2) is 9.08. The Bertz CT molecular complexity index is 1220. The summed E-state index contributed by atoms with van der Waals surface area (Å²) >= 11 is 0. The van der Waals surface area contributed by atoms with E-state index in [1.54, 1.807) is 30.5 Å². The predicted octanol–water partition coefficient (Wildman–Crippen LogP) is 3.57. The standard InChI is InChI=1S/C23H21N5O3/c1-31-22(29)17-10-5-6-11-18(17)27-23(30)25-15-13-20-26-19-12-7-14-24-21(19)28(20)16-8-3-2-4-9-16/h2-12,14H,13,15H2,1H3,(H2,25,27,30). The molecule has 0 spiro atoms. The number of nitrogens with zero attached hydrogens (tertiary/aromatic N) is 3. The van der Waals surface area contributed by atoms with Gasteiger partial charge in [0.2, 0.25) is 0 Å². The Labute approximate surface area is 178 Å². The van der Waals surface area contributed by atoms with Crippen LogP contribution in [-0.4, -0.2) is 40.2 Å². The zero-order valence-electron chi connectivity index (χ0n) is 16.9. The Balaban J connectivity index is 1.47. The highest BCUT2D eigenvalue weighted by molar-refractivity contribution is 6.00. The van der Waals surface area contributed by atoms with Gasteiger partial charge in [-0.1, -0.05) is 30.3 Å². The van der Waals surface area contributed by atoms with Gasteiger partial charge in [0.05, 0.1) is 18.4 Å². The van der Waals surface area contributed by atoms with Crippen LogP contribution < -0.4 is 10.6 Å². The van der Waals surface area contributed by atoms with Crippen LogP contribution in [0.2, 0.25) is 0 Å². The smallest absolute Gasteiger partial charge is 0.339 e. The van der Waals surface area contributed by atoms with Gasteiger partial charge in [0.1, 0.15) is 11.3 Å². The van der Waals surface area contributed by atoms with Crippen molar-refractivity contribution in [1.29, 1.82) is 0 Å².